The third-order valence-electron chi connectivity index (χ3n) is 3.78. The number of carbonyl (C=O) groups excluding carboxylic acids is 2. The standard InChI is InChI=1S/C19H23N3O4/c1-12(11-20)21-19(24)14-9-16(25-2)17(26-3)10-15(14)22-18(23)13-7-5-4-6-8-13/h4-10,12H,11,20H2,1-3H3,(H,21,24)(H,22,23)/t12-/m0/s1. The predicted molar refractivity (Wildman–Crippen MR) is 99.9 cm³/mol. The molecule has 2 aromatic rings. The van der Waals surface area contributed by atoms with E-state index < -0.39 is 0 Å². The van der Waals surface area contributed by atoms with Gasteiger partial charge in [-0.3, -0.25) is 9.59 Å². The monoisotopic (exact) mass is 357 g/mol. The summed E-state index contributed by atoms with van der Waals surface area (Å²) in [6.45, 7) is 2.09. The van der Waals surface area contributed by atoms with Crippen molar-refractivity contribution in [2.75, 3.05) is 26.1 Å². The van der Waals surface area contributed by atoms with Crippen molar-refractivity contribution in [3.63, 3.8) is 0 Å². The highest BCUT2D eigenvalue weighted by Gasteiger charge is 2.20. The van der Waals surface area contributed by atoms with E-state index in [2.05, 4.69) is 10.6 Å². The first-order chi connectivity index (χ1) is 12.5. The Balaban J connectivity index is 2.41. The Labute approximate surface area is 152 Å². The van der Waals surface area contributed by atoms with Crippen LogP contribution in [0.25, 0.3) is 0 Å². The summed E-state index contributed by atoms with van der Waals surface area (Å²) in [5, 5.41) is 5.53. The lowest BCUT2D eigenvalue weighted by Crippen LogP contribution is -2.38. The zero-order chi connectivity index (χ0) is 19.1. The van der Waals surface area contributed by atoms with Crippen LogP contribution in [0.15, 0.2) is 42.5 Å². The Hall–Kier alpha value is -3.06. The number of amides is 2. The molecule has 0 saturated carbocycles. The maximum absolute atomic E-state index is 12.6. The van der Waals surface area contributed by atoms with E-state index in [1.165, 1.54) is 20.3 Å². The van der Waals surface area contributed by atoms with Crippen LogP contribution in [0, 0.1) is 0 Å². The largest absolute Gasteiger partial charge is 0.493 e. The van der Waals surface area contributed by atoms with Crippen LogP contribution in [0.1, 0.15) is 27.6 Å². The van der Waals surface area contributed by atoms with E-state index in [1.54, 1.807) is 37.3 Å². The second-order valence-electron chi connectivity index (χ2n) is 5.68. The zero-order valence-corrected chi connectivity index (χ0v) is 15.0. The highest BCUT2D eigenvalue weighted by atomic mass is 16.5. The second kappa shape index (κ2) is 8.87. The van der Waals surface area contributed by atoms with Gasteiger partial charge in [-0.05, 0) is 25.1 Å². The maximum Gasteiger partial charge on any atom is 0.255 e. The van der Waals surface area contributed by atoms with Crippen molar-refractivity contribution in [1.82, 2.24) is 5.32 Å². The van der Waals surface area contributed by atoms with E-state index in [9.17, 15) is 9.59 Å². The molecule has 0 aromatic heterocycles. The minimum Gasteiger partial charge on any atom is -0.493 e. The Bertz CT molecular complexity index is 778. The topological polar surface area (TPSA) is 103 Å². The molecule has 0 saturated heterocycles. The number of benzene rings is 2. The molecule has 0 fully saturated rings. The van der Waals surface area contributed by atoms with Gasteiger partial charge in [0.2, 0.25) is 0 Å². The summed E-state index contributed by atoms with van der Waals surface area (Å²) in [6, 6.07) is 11.6. The number of rotatable bonds is 7. The van der Waals surface area contributed by atoms with Crippen molar-refractivity contribution in [2.24, 2.45) is 5.73 Å². The van der Waals surface area contributed by atoms with Crippen LogP contribution < -0.4 is 25.8 Å². The number of hydrogen-bond donors (Lipinski definition) is 3. The minimum atomic E-state index is -0.368. The van der Waals surface area contributed by atoms with Gasteiger partial charge in [-0.25, -0.2) is 0 Å². The average Bonchev–Trinajstić information content (AvgIpc) is 2.67. The Morgan fingerprint density at radius 3 is 2.23 bits per heavy atom. The quantitative estimate of drug-likeness (QED) is 0.704. The molecule has 0 aliphatic heterocycles. The number of ether oxygens (including phenoxy) is 2. The lowest BCUT2D eigenvalue weighted by atomic mass is 10.1. The molecule has 2 aromatic carbocycles. The normalized spacial score (nSPS) is 11.4. The molecule has 7 nitrogen and oxygen atoms in total. The average molecular weight is 357 g/mol. The van der Waals surface area contributed by atoms with E-state index in [1.807, 2.05) is 6.07 Å². The molecule has 1 atom stereocenters. The van der Waals surface area contributed by atoms with Crippen LogP contribution in [-0.2, 0) is 0 Å². The van der Waals surface area contributed by atoms with Gasteiger partial charge in [0.25, 0.3) is 11.8 Å². The Morgan fingerprint density at radius 2 is 1.65 bits per heavy atom. The molecule has 0 spiro atoms. The fourth-order valence-electron chi connectivity index (χ4n) is 2.31. The summed E-state index contributed by atoms with van der Waals surface area (Å²) in [7, 11) is 2.96. The number of methoxy groups -OCH3 is 2. The molecule has 7 heteroatoms. The lowest BCUT2D eigenvalue weighted by Gasteiger charge is -2.17. The Kier molecular flexibility index (Phi) is 6.57. The van der Waals surface area contributed by atoms with Gasteiger partial charge in [0.1, 0.15) is 0 Å². The first-order valence-electron chi connectivity index (χ1n) is 8.13. The number of hydrogen-bond acceptors (Lipinski definition) is 5. The summed E-state index contributed by atoms with van der Waals surface area (Å²) in [4.78, 5) is 25.1. The molecule has 0 radical (unpaired) electrons. The SMILES string of the molecule is COc1cc(NC(=O)c2ccccc2)c(C(=O)N[C@@H](C)CN)cc1OC. The second-order valence-corrected chi connectivity index (χ2v) is 5.68. The van der Waals surface area contributed by atoms with Gasteiger partial charge in [-0.15, -0.1) is 0 Å². The molecular weight excluding hydrogens is 334 g/mol. The summed E-state index contributed by atoms with van der Waals surface area (Å²) in [5.41, 5.74) is 6.62. The molecule has 2 amide bonds. The highest BCUT2D eigenvalue weighted by Crippen LogP contribution is 2.33. The third-order valence-corrected chi connectivity index (χ3v) is 3.78. The van der Waals surface area contributed by atoms with Gasteiger partial charge in [0.05, 0.1) is 25.5 Å². The number of nitrogens with two attached hydrogens (primary N) is 1. The summed E-state index contributed by atoms with van der Waals surface area (Å²) >= 11 is 0. The van der Waals surface area contributed by atoms with Crippen molar-refractivity contribution < 1.29 is 19.1 Å². The van der Waals surface area contributed by atoms with Gasteiger partial charge >= 0.3 is 0 Å². The number of nitrogens with one attached hydrogen (secondary N) is 2. The molecule has 26 heavy (non-hydrogen) atoms. The van der Waals surface area contributed by atoms with Gasteiger partial charge in [0, 0.05) is 24.2 Å². The van der Waals surface area contributed by atoms with E-state index >= 15 is 0 Å². The molecule has 0 aliphatic carbocycles. The summed E-state index contributed by atoms with van der Waals surface area (Å²) < 4.78 is 10.5. The van der Waals surface area contributed by atoms with Crippen LogP contribution in [0.4, 0.5) is 5.69 Å². The summed E-state index contributed by atoms with van der Waals surface area (Å²) in [5.74, 6) is 0.0843. The summed E-state index contributed by atoms with van der Waals surface area (Å²) in [6.07, 6.45) is 0. The first-order valence-corrected chi connectivity index (χ1v) is 8.13. The van der Waals surface area contributed by atoms with Crippen molar-refractivity contribution in [3.05, 3.63) is 53.6 Å². The highest BCUT2D eigenvalue weighted by molar-refractivity contribution is 6.09. The van der Waals surface area contributed by atoms with Crippen LogP contribution in [0.3, 0.4) is 0 Å². The zero-order valence-electron chi connectivity index (χ0n) is 15.0. The molecular formula is C19H23N3O4. The van der Waals surface area contributed by atoms with Crippen molar-refractivity contribution in [1.29, 1.82) is 0 Å². The lowest BCUT2D eigenvalue weighted by molar-refractivity contribution is 0.0941. The van der Waals surface area contributed by atoms with Crippen molar-refractivity contribution >= 4 is 17.5 Å². The van der Waals surface area contributed by atoms with Crippen molar-refractivity contribution in [2.45, 2.75) is 13.0 Å². The fourth-order valence-corrected chi connectivity index (χ4v) is 2.31. The van der Waals surface area contributed by atoms with Gasteiger partial charge in [-0.2, -0.15) is 0 Å². The number of anilines is 1. The van der Waals surface area contributed by atoms with Crippen LogP contribution >= 0.6 is 0 Å². The van der Waals surface area contributed by atoms with E-state index in [0.717, 1.165) is 0 Å². The van der Waals surface area contributed by atoms with Crippen LogP contribution in [0.2, 0.25) is 0 Å². The van der Waals surface area contributed by atoms with Gasteiger partial charge in [0.15, 0.2) is 11.5 Å². The molecule has 2 rings (SSSR count). The first kappa shape index (κ1) is 19.3. The smallest absolute Gasteiger partial charge is 0.255 e. The van der Waals surface area contributed by atoms with Gasteiger partial charge in [-0.1, -0.05) is 18.2 Å². The number of carbonyl (C=O) groups is 2. The molecule has 0 unspecified atom stereocenters. The third kappa shape index (κ3) is 4.52. The van der Waals surface area contributed by atoms with Crippen molar-refractivity contribution in [3.8, 4) is 11.5 Å². The van der Waals surface area contributed by atoms with E-state index in [-0.39, 0.29) is 23.4 Å². The molecule has 0 heterocycles. The molecule has 4 N–H and O–H groups in total. The van der Waals surface area contributed by atoms with E-state index in [0.29, 0.717) is 29.3 Å². The predicted octanol–water partition coefficient (Wildman–Crippen LogP) is 2.03. The van der Waals surface area contributed by atoms with Gasteiger partial charge < -0.3 is 25.8 Å². The molecule has 0 bridgehead atoms. The Morgan fingerprint density at radius 1 is 1.04 bits per heavy atom. The molecule has 138 valence electrons. The minimum absolute atomic E-state index is 0.215. The van der Waals surface area contributed by atoms with Crippen LogP contribution in [-0.4, -0.2) is 38.6 Å². The maximum atomic E-state index is 12.6. The molecule has 0 aliphatic rings. The van der Waals surface area contributed by atoms with E-state index in [4.69, 9.17) is 15.2 Å². The van der Waals surface area contributed by atoms with Crippen LogP contribution in [0.5, 0.6) is 11.5 Å². The fraction of sp³-hybridized carbons (Fsp3) is 0.263.